The largest absolute Gasteiger partial charge is 0.457 e. The van der Waals surface area contributed by atoms with Crippen molar-refractivity contribution in [3.8, 4) is 11.5 Å². The number of pyridine rings is 1. The third-order valence-electron chi connectivity index (χ3n) is 4.61. The second-order valence-corrected chi connectivity index (χ2v) is 6.15. The molecule has 2 aromatic carbocycles. The molecule has 1 aliphatic rings. The van der Waals surface area contributed by atoms with Gasteiger partial charge in [-0.3, -0.25) is 4.98 Å². The lowest BCUT2D eigenvalue weighted by Gasteiger charge is -2.11. The van der Waals surface area contributed by atoms with Crippen LogP contribution in [0.1, 0.15) is 28.7 Å². The highest BCUT2D eigenvalue weighted by molar-refractivity contribution is 5.86. The van der Waals surface area contributed by atoms with Crippen molar-refractivity contribution in [2.45, 2.75) is 33.1 Å². The molecule has 2 heteroatoms. The Hall–Kier alpha value is -2.35. The number of hydrogen-bond donors (Lipinski definition) is 0. The van der Waals surface area contributed by atoms with E-state index in [0.29, 0.717) is 0 Å². The molecule has 3 aromatic rings. The van der Waals surface area contributed by atoms with Gasteiger partial charge in [0.15, 0.2) is 0 Å². The van der Waals surface area contributed by atoms with E-state index in [4.69, 9.17) is 4.74 Å². The van der Waals surface area contributed by atoms with Crippen LogP contribution in [0, 0.1) is 13.8 Å². The number of benzene rings is 2. The predicted molar refractivity (Wildman–Crippen MR) is 89.8 cm³/mol. The maximum Gasteiger partial charge on any atom is 0.138 e. The summed E-state index contributed by atoms with van der Waals surface area (Å²) in [6, 6.07) is 12.7. The minimum Gasteiger partial charge on any atom is -0.457 e. The van der Waals surface area contributed by atoms with E-state index in [0.717, 1.165) is 22.4 Å². The number of ether oxygens (including phenoxy) is 1. The summed E-state index contributed by atoms with van der Waals surface area (Å²) in [6.07, 6.45) is 5.45. The summed E-state index contributed by atoms with van der Waals surface area (Å²) in [5.41, 5.74) is 6.41. The first-order valence-corrected chi connectivity index (χ1v) is 7.86. The molecule has 0 saturated carbocycles. The first-order valence-electron chi connectivity index (χ1n) is 7.86. The van der Waals surface area contributed by atoms with Gasteiger partial charge in [-0.15, -0.1) is 0 Å². The Morgan fingerprint density at radius 2 is 1.73 bits per heavy atom. The third kappa shape index (κ3) is 2.25. The van der Waals surface area contributed by atoms with Crippen molar-refractivity contribution in [2.75, 3.05) is 0 Å². The molecular weight excluding hydrogens is 270 g/mol. The van der Waals surface area contributed by atoms with Gasteiger partial charge in [0.25, 0.3) is 0 Å². The standard InChI is InChI=1S/C20H19NO/c1-13-10-18-19(11-14(13)2)21-9-8-20(18)22-17-7-6-15-4-3-5-16(15)12-17/h6-12H,3-5H2,1-2H3. The molecule has 0 radical (unpaired) electrons. The average molecular weight is 289 g/mol. The van der Waals surface area contributed by atoms with Crippen molar-refractivity contribution in [1.82, 2.24) is 4.98 Å². The molecule has 1 aromatic heterocycles. The Kier molecular flexibility index (Phi) is 3.11. The van der Waals surface area contributed by atoms with Crippen molar-refractivity contribution >= 4 is 10.9 Å². The molecule has 0 aliphatic heterocycles. The van der Waals surface area contributed by atoms with Crippen LogP contribution in [0.3, 0.4) is 0 Å². The Labute approximate surface area is 130 Å². The number of rotatable bonds is 2. The van der Waals surface area contributed by atoms with Crippen molar-refractivity contribution in [3.05, 3.63) is 64.8 Å². The molecule has 0 fully saturated rings. The quantitative estimate of drug-likeness (QED) is 0.652. The highest BCUT2D eigenvalue weighted by atomic mass is 16.5. The molecule has 1 heterocycles. The Bertz CT molecular complexity index is 867. The van der Waals surface area contributed by atoms with Crippen molar-refractivity contribution in [2.24, 2.45) is 0 Å². The zero-order chi connectivity index (χ0) is 15.1. The SMILES string of the molecule is Cc1cc2nccc(Oc3ccc4c(c3)CCC4)c2cc1C. The number of hydrogen-bond acceptors (Lipinski definition) is 2. The molecule has 0 bridgehead atoms. The smallest absolute Gasteiger partial charge is 0.138 e. The van der Waals surface area contributed by atoms with Gasteiger partial charge in [0.05, 0.1) is 5.52 Å². The maximum atomic E-state index is 6.17. The van der Waals surface area contributed by atoms with E-state index in [1.807, 2.05) is 12.3 Å². The van der Waals surface area contributed by atoms with E-state index >= 15 is 0 Å². The van der Waals surface area contributed by atoms with Crippen LogP contribution in [0.25, 0.3) is 10.9 Å². The van der Waals surface area contributed by atoms with Crippen LogP contribution in [-0.4, -0.2) is 4.98 Å². The first kappa shape index (κ1) is 13.3. The van der Waals surface area contributed by atoms with E-state index in [-0.39, 0.29) is 0 Å². The van der Waals surface area contributed by atoms with Crippen LogP contribution in [-0.2, 0) is 12.8 Å². The third-order valence-corrected chi connectivity index (χ3v) is 4.61. The maximum absolute atomic E-state index is 6.17. The lowest BCUT2D eigenvalue weighted by molar-refractivity contribution is 0.487. The lowest BCUT2D eigenvalue weighted by Crippen LogP contribution is -1.91. The molecule has 0 amide bonds. The molecule has 0 unspecified atom stereocenters. The zero-order valence-electron chi connectivity index (χ0n) is 13.0. The van der Waals surface area contributed by atoms with E-state index in [2.05, 4.69) is 49.2 Å². The van der Waals surface area contributed by atoms with Gasteiger partial charge in [-0.05, 0) is 85.7 Å². The van der Waals surface area contributed by atoms with Crippen LogP contribution >= 0.6 is 0 Å². The highest BCUT2D eigenvalue weighted by Gasteiger charge is 2.12. The Balaban J connectivity index is 1.76. The minimum atomic E-state index is 0.881. The summed E-state index contributed by atoms with van der Waals surface area (Å²) >= 11 is 0. The van der Waals surface area contributed by atoms with Gasteiger partial charge in [-0.2, -0.15) is 0 Å². The van der Waals surface area contributed by atoms with Crippen LogP contribution in [0.15, 0.2) is 42.6 Å². The molecule has 22 heavy (non-hydrogen) atoms. The van der Waals surface area contributed by atoms with Gasteiger partial charge in [0.1, 0.15) is 11.5 Å². The average Bonchev–Trinajstić information content (AvgIpc) is 2.97. The number of aromatic nitrogens is 1. The second-order valence-electron chi connectivity index (χ2n) is 6.15. The number of aryl methyl sites for hydroxylation is 4. The topological polar surface area (TPSA) is 22.1 Å². The molecule has 0 saturated heterocycles. The van der Waals surface area contributed by atoms with Crippen LogP contribution in [0.2, 0.25) is 0 Å². The Morgan fingerprint density at radius 1 is 0.909 bits per heavy atom. The normalized spacial score (nSPS) is 13.4. The summed E-state index contributed by atoms with van der Waals surface area (Å²) in [6.45, 7) is 4.24. The highest BCUT2D eigenvalue weighted by Crippen LogP contribution is 2.33. The van der Waals surface area contributed by atoms with Crippen LogP contribution in [0.4, 0.5) is 0 Å². The molecule has 0 N–H and O–H groups in total. The fourth-order valence-electron chi connectivity index (χ4n) is 3.21. The second kappa shape index (κ2) is 5.13. The molecule has 0 spiro atoms. The van der Waals surface area contributed by atoms with Crippen molar-refractivity contribution < 1.29 is 4.74 Å². The number of fused-ring (bicyclic) bond motifs is 2. The summed E-state index contributed by atoms with van der Waals surface area (Å²) < 4.78 is 6.17. The van der Waals surface area contributed by atoms with E-state index in [1.165, 1.54) is 41.5 Å². The van der Waals surface area contributed by atoms with Gasteiger partial charge >= 0.3 is 0 Å². The molecular formula is C20H19NO. The molecule has 0 atom stereocenters. The summed E-state index contributed by atoms with van der Waals surface area (Å²) in [5.74, 6) is 1.80. The van der Waals surface area contributed by atoms with Gasteiger partial charge in [-0.1, -0.05) is 6.07 Å². The zero-order valence-corrected chi connectivity index (χ0v) is 13.0. The number of nitrogens with zero attached hydrogens (tertiary/aromatic N) is 1. The lowest BCUT2D eigenvalue weighted by atomic mass is 10.1. The fraction of sp³-hybridized carbons (Fsp3) is 0.250. The van der Waals surface area contributed by atoms with Crippen LogP contribution in [0.5, 0.6) is 11.5 Å². The van der Waals surface area contributed by atoms with Gasteiger partial charge < -0.3 is 4.74 Å². The summed E-state index contributed by atoms with van der Waals surface area (Å²) in [7, 11) is 0. The monoisotopic (exact) mass is 289 g/mol. The van der Waals surface area contributed by atoms with E-state index in [9.17, 15) is 0 Å². The van der Waals surface area contributed by atoms with Gasteiger partial charge in [0, 0.05) is 11.6 Å². The van der Waals surface area contributed by atoms with E-state index in [1.54, 1.807) is 0 Å². The van der Waals surface area contributed by atoms with Gasteiger partial charge in [-0.25, -0.2) is 0 Å². The minimum absolute atomic E-state index is 0.881. The summed E-state index contributed by atoms with van der Waals surface area (Å²) in [4.78, 5) is 4.46. The molecule has 1 aliphatic carbocycles. The predicted octanol–water partition coefficient (Wildman–Crippen LogP) is 5.13. The Morgan fingerprint density at radius 3 is 2.64 bits per heavy atom. The van der Waals surface area contributed by atoms with Crippen LogP contribution < -0.4 is 4.74 Å². The molecule has 2 nitrogen and oxygen atoms in total. The molecule has 110 valence electrons. The first-order chi connectivity index (χ1) is 10.7. The van der Waals surface area contributed by atoms with Crippen molar-refractivity contribution in [1.29, 1.82) is 0 Å². The van der Waals surface area contributed by atoms with E-state index < -0.39 is 0 Å². The van der Waals surface area contributed by atoms with Crippen molar-refractivity contribution in [3.63, 3.8) is 0 Å². The summed E-state index contributed by atoms with van der Waals surface area (Å²) in [5, 5.41) is 1.08. The van der Waals surface area contributed by atoms with Gasteiger partial charge in [0.2, 0.25) is 0 Å². The molecule has 4 rings (SSSR count). The fourth-order valence-corrected chi connectivity index (χ4v) is 3.21.